The average molecular weight is 256 g/mol. The first-order valence-electron chi connectivity index (χ1n) is 6.42. The summed E-state index contributed by atoms with van der Waals surface area (Å²) in [5.74, 6) is 0.883. The largest absolute Gasteiger partial charge is 0.496 e. The van der Waals surface area contributed by atoms with E-state index in [1.54, 1.807) is 13.3 Å². The highest BCUT2D eigenvalue weighted by molar-refractivity contribution is 5.38. The molecule has 1 heterocycles. The maximum Gasteiger partial charge on any atom is 0.122 e. The molecule has 100 valence electrons. The van der Waals surface area contributed by atoms with Crippen molar-refractivity contribution >= 4 is 0 Å². The number of hydrogen-bond donors (Lipinski definition) is 1. The fourth-order valence-electron chi connectivity index (χ4n) is 2.17. The van der Waals surface area contributed by atoms with E-state index >= 15 is 0 Å². The summed E-state index contributed by atoms with van der Waals surface area (Å²) >= 11 is 0. The van der Waals surface area contributed by atoms with Crippen LogP contribution in [0.2, 0.25) is 0 Å². The highest BCUT2D eigenvalue weighted by Crippen LogP contribution is 2.24. The van der Waals surface area contributed by atoms with Gasteiger partial charge in [-0.05, 0) is 49.6 Å². The third kappa shape index (κ3) is 3.32. The fourth-order valence-corrected chi connectivity index (χ4v) is 2.17. The van der Waals surface area contributed by atoms with Gasteiger partial charge in [0.1, 0.15) is 5.75 Å². The van der Waals surface area contributed by atoms with Crippen LogP contribution < -0.4 is 10.5 Å². The Labute approximate surface area is 114 Å². The van der Waals surface area contributed by atoms with Crippen molar-refractivity contribution in [1.29, 1.82) is 0 Å². The van der Waals surface area contributed by atoms with E-state index in [0.29, 0.717) is 0 Å². The van der Waals surface area contributed by atoms with Gasteiger partial charge in [0.2, 0.25) is 0 Å². The summed E-state index contributed by atoms with van der Waals surface area (Å²) in [5, 5.41) is 0. The maximum absolute atomic E-state index is 6.25. The normalized spacial score (nSPS) is 12.2. The number of methoxy groups -OCH3 is 1. The highest BCUT2D eigenvalue weighted by Gasteiger charge is 2.12. The van der Waals surface area contributed by atoms with Gasteiger partial charge in [0, 0.05) is 6.20 Å². The Morgan fingerprint density at radius 1 is 1.16 bits per heavy atom. The van der Waals surface area contributed by atoms with Crippen molar-refractivity contribution in [2.45, 2.75) is 26.3 Å². The molecule has 0 radical (unpaired) electrons. The van der Waals surface area contributed by atoms with Crippen molar-refractivity contribution in [2.24, 2.45) is 5.73 Å². The SMILES string of the molecule is COc1ccc(C)cc1CC(N)c1cc(C)ccn1. The van der Waals surface area contributed by atoms with Crippen LogP contribution in [0.1, 0.15) is 28.4 Å². The van der Waals surface area contributed by atoms with E-state index < -0.39 is 0 Å². The molecular formula is C16H20N2O. The third-order valence-corrected chi connectivity index (χ3v) is 3.19. The number of aryl methyl sites for hydroxylation is 2. The molecule has 0 fully saturated rings. The minimum absolute atomic E-state index is 0.115. The Hall–Kier alpha value is -1.87. The zero-order chi connectivity index (χ0) is 13.8. The number of nitrogens with zero attached hydrogens (tertiary/aromatic N) is 1. The van der Waals surface area contributed by atoms with Gasteiger partial charge in [-0.1, -0.05) is 17.7 Å². The van der Waals surface area contributed by atoms with E-state index in [-0.39, 0.29) is 6.04 Å². The van der Waals surface area contributed by atoms with Gasteiger partial charge in [-0.15, -0.1) is 0 Å². The van der Waals surface area contributed by atoms with Crippen molar-refractivity contribution < 1.29 is 4.74 Å². The molecule has 0 aliphatic heterocycles. The monoisotopic (exact) mass is 256 g/mol. The molecule has 1 atom stereocenters. The second kappa shape index (κ2) is 5.85. The smallest absolute Gasteiger partial charge is 0.122 e. The van der Waals surface area contributed by atoms with Crippen LogP contribution in [0.5, 0.6) is 5.75 Å². The lowest BCUT2D eigenvalue weighted by Crippen LogP contribution is -2.15. The van der Waals surface area contributed by atoms with Crippen molar-refractivity contribution in [3.05, 3.63) is 58.9 Å². The number of nitrogens with two attached hydrogens (primary N) is 1. The Bertz CT molecular complexity index is 566. The Morgan fingerprint density at radius 3 is 2.58 bits per heavy atom. The van der Waals surface area contributed by atoms with Crippen LogP contribution in [-0.2, 0) is 6.42 Å². The molecule has 2 N–H and O–H groups in total. The number of pyridine rings is 1. The van der Waals surface area contributed by atoms with Crippen LogP contribution in [0.4, 0.5) is 0 Å². The minimum Gasteiger partial charge on any atom is -0.496 e. The van der Waals surface area contributed by atoms with E-state index in [1.165, 1.54) is 11.1 Å². The molecule has 2 aromatic rings. The molecule has 0 amide bonds. The molecule has 3 nitrogen and oxygen atoms in total. The lowest BCUT2D eigenvalue weighted by atomic mass is 10.0. The van der Waals surface area contributed by atoms with E-state index in [1.807, 2.05) is 31.2 Å². The molecule has 0 saturated heterocycles. The Balaban J connectivity index is 2.23. The maximum atomic E-state index is 6.25. The number of ether oxygens (including phenoxy) is 1. The minimum atomic E-state index is -0.115. The predicted molar refractivity (Wildman–Crippen MR) is 77.3 cm³/mol. The predicted octanol–water partition coefficient (Wildman–Crippen LogP) is 2.95. The van der Waals surface area contributed by atoms with Crippen LogP contribution in [0, 0.1) is 13.8 Å². The van der Waals surface area contributed by atoms with E-state index in [9.17, 15) is 0 Å². The highest BCUT2D eigenvalue weighted by atomic mass is 16.5. The molecule has 0 aliphatic rings. The van der Waals surface area contributed by atoms with Gasteiger partial charge >= 0.3 is 0 Å². The van der Waals surface area contributed by atoms with Crippen LogP contribution in [0.3, 0.4) is 0 Å². The molecular weight excluding hydrogens is 236 g/mol. The zero-order valence-electron chi connectivity index (χ0n) is 11.7. The standard InChI is InChI=1S/C16H20N2O/c1-11-4-5-16(19-3)13(8-11)10-14(17)15-9-12(2)6-7-18-15/h4-9,14H,10,17H2,1-3H3. The van der Waals surface area contributed by atoms with Crippen LogP contribution >= 0.6 is 0 Å². The molecule has 2 rings (SSSR count). The lowest BCUT2D eigenvalue weighted by Gasteiger charge is -2.15. The van der Waals surface area contributed by atoms with Gasteiger partial charge in [-0.25, -0.2) is 0 Å². The molecule has 0 bridgehead atoms. The first-order valence-corrected chi connectivity index (χ1v) is 6.42. The summed E-state index contributed by atoms with van der Waals surface area (Å²) in [6.07, 6.45) is 2.53. The molecule has 19 heavy (non-hydrogen) atoms. The number of aromatic nitrogens is 1. The average Bonchev–Trinajstić information content (AvgIpc) is 2.39. The Morgan fingerprint density at radius 2 is 1.89 bits per heavy atom. The molecule has 0 aliphatic carbocycles. The van der Waals surface area contributed by atoms with Crippen molar-refractivity contribution in [1.82, 2.24) is 4.98 Å². The van der Waals surface area contributed by atoms with E-state index in [0.717, 1.165) is 23.4 Å². The quantitative estimate of drug-likeness (QED) is 0.915. The van der Waals surface area contributed by atoms with Crippen LogP contribution in [-0.4, -0.2) is 12.1 Å². The summed E-state index contributed by atoms with van der Waals surface area (Å²) in [6.45, 7) is 4.12. The topological polar surface area (TPSA) is 48.1 Å². The lowest BCUT2D eigenvalue weighted by molar-refractivity contribution is 0.408. The molecule has 0 saturated carbocycles. The summed E-state index contributed by atoms with van der Waals surface area (Å²) in [7, 11) is 1.69. The van der Waals surface area contributed by atoms with Crippen LogP contribution in [0.15, 0.2) is 36.5 Å². The van der Waals surface area contributed by atoms with E-state index in [2.05, 4.69) is 18.0 Å². The number of benzene rings is 1. The first-order chi connectivity index (χ1) is 9.10. The molecule has 1 aromatic heterocycles. The number of hydrogen-bond acceptors (Lipinski definition) is 3. The molecule has 0 spiro atoms. The van der Waals surface area contributed by atoms with Crippen molar-refractivity contribution in [3.8, 4) is 5.75 Å². The number of rotatable bonds is 4. The van der Waals surface area contributed by atoms with Crippen molar-refractivity contribution in [3.63, 3.8) is 0 Å². The van der Waals surface area contributed by atoms with Crippen LogP contribution in [0.25, 0.3) is 0 Å². The van der Waals surface area contributed by atoms with Gasteiger partial charge < -0.3 is 10.5 Å². The molecule has 1 unspecified atom stereocenters. The van der Waals surface area contributed by atoms with Gasteiger partial charge in [0.15, 0.2) is 0 Å². The summed E-state index contributed by atoms with van der Waals surface area (Å²) in [4.78, 5) is 4.35. The summed E-state index contributed by atoms with van der Waals surface area (Å²) in [5.41, 5.74) is 10.7. The fraction of sp³-hybridized carbons (Fsp3) is 0.312. The van der Waals surface area contributed by atoms with Crippen molar-refractivity contribution in [2.75, 3.05) is 7.11 Å². The summed E-state index contributed by atoms with van der Waals surface area (Å²) in [6, 6.07) is 10.0. The third-order valence-electron chi connectivity index (χ3n) is 3.19. The summed E-state index contributed by atoms with van der Waals surface area (Å²) < 4.78 is 5.38. The second-order valence-corrected chi connectivity index (χ2v) is 4.88. The molecule has 1 aromatic carbocycles. The zero-order valence-corrected chi connectivity index (χ0v) is 11.7. The van der Waals surface area contributed by atoms with Gasteiger partial charge in [0.05, 0.1) is 18.8 Å². The van der Waals surface area contributed by atoms with Gasteiger partial charge in [0.25, 0.3) is 0 Å². The van der Waals surface area contributed by atoms with E-state index in [4.69, 9.17) is 10.5 Å². The second-order valence-electron chi connectivity index (χ2n) is 4.88. The Kier molecular flexibility index (Phi) is 4.17. The van der Waals surface area contributed by atoms with Gasteiger partial charge in [-0.2, -0.15) is 0 Å². The molecule has 3 heteroatoms. The first kappa shape index (κ1) is 13.6. The van der Waals surface area contributed by atoms with Gasteiger partial charge in [-0.3, -0.25) is 4.98 Å².